The number of carbonyl (C=O) groups excluding carboxylic acids is 2. The van der Waals surface area contributed by atoms with Crippen LogP contribution in [0.25, 0.3) is 0 Å². The Morgan fingerprint density at radius 2 is 1.82 bits per heavy atom. The maximum Gasteiger partial charge on any atom is 0.261 e. The summed E-state index contributed by atoms with van der Waals surface area (Å²) in [6, 6.07) is 16.6. The van der Waals surface area contributed by atoms with E-state index < -0.39 is 0 Å². The molecule has 8 nitrogen and oxygen atoms in total. The van der Waals surface area contributed by atoms with Gasteiger partial charge in [-0.2, -0.15) is 0 Å². The minimum Gasteiger partial charge on any atom is -0.493 e. The van der Waals surface area contributed by atoms with E-state index in [9.17, 15) is 9.59 Å². The van der Waals surface area contributed by atoms with E-state index in [1.165, 1.54) is 0 Å². The predicted octanol–water partition coefficient (Wildman–Crippen LogP) is 5.08. The molecule has 1 aliphatic rings. The smallest absolute Gasteiger partial charge is 0.261 e. The molecule has 214 valence electrons. The quantitative estimate of drug-likeness (QED) is 0.262. The van der Waals surface area contributed by atoms with Crippen molar-refractivity contribution in [3.63, 3.8) is 0 Å². The number of ether oxygens (including phenoxy) is 4. The second-order valence-corrected chi connectivity index (χ2v) is 11.0. The number of benzene rings is 2. The Balaban J connectivity index is 1.45. The molecule has 1 unspecified atom stereocenters. The Morgan fingerprint density at radius 1 is 1.02 bits per heavy atom. The molecule has 2 amide bonds. The lowest BCUT2D eigenvalue weighted by molar-refractivity contribution is -0.143. The van der Waals surface area contributed by atoms with Crippen LogP contribution in [0, 0.1) is 0 Å². The maximum atomic E-state index is 13.7. The molecular formula is C30H35ClN2O6S. The number of methoxy groups -OCH3 is 2. The van der Waals surface area contributed by atoms with Gasteiger partial charge in [-0.1, -0.05) is 23.7 Å². The molecule has 1 fully saturated rings. The number of hydrogen-bond donors (Lipinski definition) is 0. The summed E-state index contributed by atoms with van der Waals surface area (Å²) < 4.78 is 22.3. The second kappa shape index (κ2) is 14.9. The molecule has 0 saturated carbocycles. The summed E-state index contributed by atoms with van der Waals surface area (Å²) >= 11 is 7.55. The van der Waals surface area contributed by atoms with Crippen LogP contribution in [-0.4, -0.2) is 74.8 Å². The number of carbonyl (C=O) groups is 2. The van der Waals surface area contributed by atoms with Gasteiger partial charge in [-0.25, -0.2) is 0 Å². The fourth-order valence-corrected chi connectivity index (χ4v) is 5.35. The highest BCUT2D eigenvalue weighted by Crippen LogP contribution is 2.28. The molecule has 0 N–H and O–H groups in total. The normalized spacial score (nSPS) is 14.5. The van der Waals surface area contributed by atoms with Crippen LogP contribution in [0.4, 0.5) is 0 Å². The van der Waals surface area contributed by atoms with E-state index in [1.807, 2.05) is 35.7 Å². The first-order valence-electron chi connectivity index (χ1n) is 13.2. The van der Waals surface area contributed by atoms with E-state index in [1.54, 1.807) is 59.6 Å². The van der Waals surface area contributed by atoms with E-state index in [-0.39, 0.29) is 31.1 Å². The minimum absolute atomic E-state index is 0.0556. The molecule has 40 heavy (non-hydrogen) atoms. The Hall–Kier alpha value is -3.27. The van der Waals surface area contributed by atoms with E-state index in [0.717, 1.165) is 23.3 Å². The average molecular weight is 587 g/mol. The topological polar surface area (TPSA) is 77.5 Å². The number of thiophene rings is 1. The first-order chi connectivity index (χ1) is 19.4. The molecule has 1 aliphatic heterocycles. The Morgan fingerprint density at radius 3 is 2.50 bits per heavy atom. The van der Waals surface area contributed by atoms with Gasteiger partial charge in [0, 0.05) is 29.6 Å². The molecule has 1 saturated heterocycles. The molecule has 0 bridgehead atoms. The lowest BCUT2D eigenvalue weighted by atomic mass is 10.1. The minimum atomic E-state index is -0.269. The molecule has 1 aromatic heterocycles. The molecule has 0 aliphatic carbocycles. The lowest BCUT2D eigenvalue weighted by Gasteiger charge is -2.29. The van der Waals surface area contributed by atoms with Gasteiger partial charge in [-0.3, -0.25) is 9.59 Å². The third-order valence-corrected chi connectivity index (χ3v) is 7.81. The zero-order chi connectivity index (χ0) is 28.3. The first kappa shape index (κ1) is 29.7. The number of nitrogens with zero attached hydrogens (tertiary/aromatic N) is 2. The maximum absolute atomic E-state index is 13.7. The number of amides is 2. The second-order valence-electron chi connectivity index (χ2n) is 9.49. The molecule has 1 atom stereocenters. The third-order valence-electron chi connectivity index (χ3n) is 6.70. The van der Waals surface area contributed by atoms with Gasteiger partial charge in [0.2, 0.25) is 5.91 Å². The van der Waals surface area contributed by atoms with Crippen LogP contribution in [0.3, 0.4) is 0 Å². The fourth-order valence-electron chi connectivity index (χ4n) is 4.50. The van der Waals surface area contributed by atoms with Crippen LogP contribution < -0.4 is 14.2 Å². The van der Waals surface area contributed by atoms with Crippen LogP contribution in [0.15, 0.2) is 60.0 Å². The standard InChI is InChI=1S/C30H35ClN2O6S/c1-36-27-12-7-22(17-28(27)37-2)13-14-32(19-26-6-4-16-40-26)29(34)20-33(18-25-5-3-15-38-25)30(35)21-39-24-10-8-23(31)9-11-24/h4,6-12,16-17,25H,3,5,13-15,18-21H2,1-2H3. The van der Waals surface area contributed by atoms with Crippen molar-refractivity contribution >= 4 is 34.8 Å². The predicted molar refractivity (Wildman–Crippen MR) is 155 cm³/mol. The summed E-state index contributed by atoms with van der Waals surface area (Å²) in [7, 11) is 3.20. The molecule has 2 heterocycles. The Labute approximate surface area is 244 Å². The molecule has 4 rings (SSSR count). The van der Waals surface area contributed by atoms with Crippen molar-refractivity contribution in [3.8, 4) is 17.2 Å². The summed E-state index contributed by atoms with van der Waals surface area (Å²) in [6.45, 7) is 1.72. The molecular weight excluding hydrogens is 552 g/mol. The fraction of sp³-hybridized carbons (Fsp3) is 0.400. The van der Waals surface area contributed by atoms with Gasteiger partial charge in [0.05, 0.1) is 33.4 Å². The summed E-state index contributed by atoms with van der Waals surface area (Å²) in [6.07, 6.45) is 2.33. The first-order valence-corrected chi connectivity index (χ1v) is 14.5. The van der Waals surface area contributed by atoms with E-state index >= 15 is 0 Å². The SMILES string of the molecule is COc1ccc(CCN(Cc2cccs2)C(=O)CN(CC2CCCO2)C(=O)COc2ccc(Cl)cc2)cc1OC. The highest BCUT2D eigenvalue weighted by molar-refractivity contribution is 7.09. The monoisotopic (exact) mass is 586 g/mol. The van der Waals surface area contributed by atoms with Crippen LogP contribution in [0.1, 0.15) is 23.3 Å². The van der Waals surface area contributed by atoms with Gasteiger partial charge >= 0.3 is 0 Å². The van der Waals surface area contributed by atoms with Crippen LogP contribution in [0.2, 0.25) is 5.02 Å². The van der Waals surface area contributed by atoms with E-state index in [4.69, 9.17) is 30.5 Å². The van der Waals surface area contributed by atoms with Crippen molar-refractivity contribution in [1.29, 1.82) is 0 Å². The van der Waals surface area contributed by atoms with Crippen molar-refractivity contribution in [2.45, 2.75) is 31.9 Å². The zero-order valence-corrected chi connectivity index (χ0v) is 24.4. The summed E-state index contributed by atoms with van der Waals surface area (Å²) in [4.78, 5) is 31.4. The number of hydrogen-bond acceptors (Lipinski definition) is 7. The summed E-state index contributed by atoms with van der Waals surface area (Å²) in [5.41, 5.74) is 1.02. The average Bonchev–Trinajstić information content (AvgIpc) is 3.69. The van der Waals surface area contributed by atoms with Crippen molar-refractivity contribution in [3.05, 3.63) is 75.4 Å². The van der Waals surface area contributed by atoms with Gasteiger partial charge in [0.15, 0.2) is 18.1 Å². The summed E-state index contributed by atoms with van der Waals surface area (Å²) in [5, 5.41) is 2.58. The van der Waals surface area contributed by atoms with Gasteiger partial charge in [-0.15, -0.1) is 11.3 Å². The summed E-state index contributed by atoms with van der Waals surface area (Å²) in [5.74, 6) is 1.43. The molecule has 2 aromatic carbocycles. The molecule has 3 aromatic rings. The lowest BCUT2D eigenvalue weighted by Crippen LogP contribution is -2.47. The van der Waals surface area contributed by atoms with E-state index in [2.05, 4.69) is 0 Å². The highest BCUT2D eigenvalue weighted by Gasteiger charge is 2.27. The Bertz CT molecular complexity index is 1230. The van der Waals surface area contributed by atoms with Crippen LogP contribution in [-0.2, 0) is 27.3 Å². The van der Waals surface area contributed by atoms with Crippen LogP contribution >= 0.6 is 22.9 Å². The van der Waals surface area contributed by atoms with Crippen molar-refractivity contribution < 1.29 is 28.5 Å². The third kappa shape index (κ3) is 8.61. The van der Waals surface area contributed by atoms with E-state index in [0.29, 0.717) is 54.9 Å². The van der Waals surface area contributed by atoms with Crippen molar-refractivity contribution in [2.75, 3.05) is 47.1 Å². The van der Waals surface area contributed by atoms with Crippen molar-refractivity contribution in [1.82, 2.24) is 9.80 Å². The van der Waals surface area contributed by atoms with Gasteiger partial charge in [-0.05, 0) is 72.7 Å². The highest BCUT2D eigenvalue weighted by atomic mass is 35.5. The van der Waals surface area contributed by atoms with Crippen LogP contribution in [0.5, 0.6) is 17.2 Å². The van der Waals surface area contributed by atoms with Gasteiger partial charge in [0.1, 0.15) is 5.75 Å². The molecule has 0 radical (unpaired) electrons. The largest absolute Gasteiger partial charge is 0.493 e. The molecule has 0 spiro atoms. The van der Waals surface area contributed by atoms with Gasteiger partial charge < -0.3 is 28.7 Å². The number of halogens is 1. The van der Waals surface area contributed by atoms with Crippen molar-refractivity contribution in [2.24, 2.45) is 0 Å². The zero-order valence-electron chi connectivity index (χ0n) is 22.8. The number of rotatable bonds is 14. The Kier molecular flexibility index (Phi) is 11.1. The molecule has 10 heteroatoms. The van der Waals surface area contributed by atoms with Gasteiger partial charge in [0.25, 0.3) is 5.91 Å².